The summed E-state index contributed by atoms with van der Waals surface area (Å²) in [5.41, 5.74) is 1.44. The van der Waals surface area contributed by atoms with Crippen molar-refractivity contribution in [1.29, 1.82) is 0 Å². The molecule has 0 heterocycles. The zero-order valence-electron chi connectivity index (χ0n) is 12.5. The van der Waals surface area contributed by atoms with Crippen LogP contribution in [0.15, 0.2) is 24.3 Å². The Bertz CT molecular complexity index is 457. The predicted octanol–water partition coefficient (Wildman–Crippen LogP) is 2.82. The minimum Gasteiger partial charge on any atom is -0.389 e. The van der Waals surface area contributed by atoms with Crippen LogP contribution in [0.2, 0.25) is 0 Å². The summed E-state index contributed by atoms with van der Waals surface area (Å²) in [6.45, 7) is 2.74. The number of rotatable bonds is 6. The maximum atomic E-state index is 11.7. The number of anilines is 1. The molecule has 0 aliphatic heterocycles. The Morgan fingerprint density at radius 2 is 2.19 bits per heavy atom. The van der Waals surface area contributed by atoms with Crippen LogP contribution in [0.4, 0.5) is 10.5 Å². The molecule has 1 saturated carbocycles. The quantitative estimate of drug-likeness (QED) is 0.706. The van der Waals surface area contributed by atoms with Gasteiger partial charge >= 0.3 is 6.03 Å². The van der Waals surface area contributed by atoms with E-state index in [9.17, 15) is 9.90 Å². The third-order valence-electron chi connectivity index (χ3n) is 3.67. The molecule has 0 aromatic heterocycles. The molecule has 1 unspecified atom stereocenters. The molecule has 5 heteroatoms. The maximum Gasteiger partial charge on any atom is 0.319 e. The number of aliphatic hydroxyl groups is 1. The minimum atomic E-state index is -0.547. The Morgan fingerprint density at radius 1 is 1.43 bits per heavy atom. The minimum absolute atomic E-state index is 0.257. The second-order valence-electron chi connectivity index (χ2n) is 5.46. The van der Waals surface area contributed by atoms with Crippen LogP contribution in [0.3, 0.4) is 0 Å². The van der Waals surface area contributed by atoms with Crippen molar-refractivity contribution in [3.63, 3.8) is 0 Å². The van der Waals surface area contributed by atoms with Crippen LogP contribution < -0.4 is 10.6 Å². The van der Waals surface area contributed by atoms with E-state index in [2.05, 4.69) is 10.6 Å². The third kappa shape index (κ3) is 5.36. The largest absolute Gasteiger partial charge is 0.389 e. The summed E-state index contributed by atoms with van der Waals surface area (Å²) in [6.07, 6.45) is 4.60. The monoisotopic (exact) mass is 292 g/mol. The lowest BCUT2D eigenvalue weighted by molar-refractivity contribution is 0.0615. The molecule has 2 rings (SSSR count). The number of ether oxygens (including phenoxy) is 1. The Hall–Kier alpha value is -1.59. The number of amides is 2. The van der Waals surface area contributed by atoms with Gasteiger partial charge in [0.25, 0.3) is 0 Å². The first-order valence-electron chi connectivity index (χ1n) is 7.59. The van der Waals surface area contributed by atoms with Crippen LogP contribution in [0.1, 0.15) is 44.3 Å². The van der Waals surface area contributed by atoms with Gasteiger partial charge in [0.15, 0.2) is 0 Å². The number of nitrogens with one attached hydrogen (secondary N) is 2. The number of hydrogen-bond acceptors (Lipinski definition) is 3. The molecule has 5 nitrogen and oxygen atoms in total. The van der Waals surface area contributed by atoms with Gasteiger partial charge in [0.05, 0.1) is 18.8 Å². The predicted molar refractivity (Wildman–Crippen MR) is 82.3 cm³/mol. The van der Waals surface area contributed by atoms with Crippen molar-refractivity contribution >= 4 is 11.7 Å². The van der Waals surface area contributed by atoms with Crippen molar-refractivity contribution in [2.24, 2.45) is 0 Å². The standard InChI is InChI=1S/C16H24N2O3/c1-12(19)13-5-4-6-14(11-13)18-16(20)17-9-10-21-15-7-2-3-8-15/h4-6,11-12,15,19H,2-3,7-10H2,1H3,(H2,17,18,20). The molecule has 0 saturated heterocycles. The van der Waals surface area contributed by atoms with Crippen molar-refractivity contribution in [2.45, 2.75) is 44.8 Å². The molecule has 0 bridgehead atoms. The zero-order valence-corrected chi connectivity index (χ0v) is 12.5. The Labute approximate surface area is 125 Å². The van der Waals surface area contributed by atoms with Crippen LogP contribution in [0, 0.1) is 0 Å². The Balaban J connectivity index is 1.67. The highest BCUT2D eigenvalue weighted by Gasteiger charge is 2.14. The van der Waals surface area contributed by atoms with Crippen molar-refractivity contribution in [2.75, 3.05) is 18.5 Å². The van der Waals surface area contributed by atoms with Crippen LogP contribution >= 0.6 is 0 Å². The molecule has 1 aliphatic carbocycles. The smallest absolute Gasteiger partial charge is 0.319 e. The fraction of sp³-hybridized carbons (Fsp3) is 0.562. The van der Waals surface area contributed by atoms with Gasteiger partial charge in [-0.25, -0.2) is 4.79 Å². The van der Waals surface area contributed by atoms with Crippen LogP contribution in [0.25, 0.3) is 0 Å². The molecule has 21 heavy (non-hydrogen) atoms. The van der Waals surface area contributed by atoms with Gasteiger partial charge in [-0.3, -0.25) is 0 Å². The molecule has 1 aromatic rings. The first-order valence-corrected chi connectivity index (χ1v) is 7.59. The Kier molecular flexibility index (Phi) is 6.02. The van der Waals surface area contributed by atoms with E-state index in [4.69, 9.17) is 4.74 Å². The number of benzene rings is 1. The van der Waals surface area contributed by atoms with Gasteiger partial charge < -0.3 is 20.5 Å². The Morgan fingerprint density at radius 3 is 2.90 bits per heavy atom. The van der Waals surface area contributed by atoms with Crippen LogP contribution in [-0.4, -0.2) is 30.4 Å². The van der Waals surface area contributed by atoms with Gasteiger partial charge in [0.2, 0.25) is 0 Å². The number of hydrogen-bond donors (Lipinski definition) is 3. The van der Waals surface area contributed by atoms with Crippen molar-refractivity contribution in [1.82, 2.24) is 5.32 Å². The molecule has 1 aromatic carbocycles. The lowest BCUT2D eigenvalue weighted by atomic mass is 10.1. The fourth-order valence-electron chi connectivity index (χ4n) is 2.50. The summed E-state index contributed by atoms with van der Waals surface area (Å²) in [7, 11) is 0. The normalized spacial score (nSPS) is 16.7. The highest BCUT2D eigenvalue weighted by atomic mass is 16.5. The second kappa shape index (κ2) is 8.00. The van der Waals surface area contributed by atoms with Gasteiger partial charge in [0.1, 0.15) is 0 Å². The molecule has 1 aliphatic rings. The summed E-state index contributed by atoms with van der Waals surface area (Å²) in [5.74, 6) is 0. The fourth-order valence-corrected chi connectivity index (χ4v) is 2.50. The van der Waals surface area contributed by atoms with Gasteiger partial charge in [-0.05, 0) is 37.5 Å². The van der Waals surface area contributed by atoms with E-state index < -0.39 is 6.10 Å². The van der Waals surface area contributed by atoms with E-state index in [1.807, 2.05) is 6.07 Å². The lowest BCUT2D eigenvalue weighted by Gasteiger charge is -2.12. The number of carbonyl (C=O) groups is 1. The summed E-state index contributed by atoms with van der Waals surface area (Å²) in [4.78, 5) is 11.7. The van der Waals surface area contributed by atoms with Gasteiger partial charge in [-0.1, -0.05) is 25.0 Å². The summed E-state index contributed by atoms with van der Waals surface area (Å²) >= 11 is 0. The van der Waals surface area contributed by atoms with E-state index in [0.717, 1.165) is 18.4 Å². The van der Waals surface area contributed by atoms with Crippen LogP contribution in [-0.2, 0) is 4.74 Å². The summed E-state index contributed by atoms with van der Waals surface area (Å²) in [5, 5.41) is 15.0. The van der Waals surface area contributed by atoms with Crippen LogP contribution in [0.5, 0.6) is 0 Å². The summed E-state index contributed by atoms with van der Waals surface area (Å²) in [6, 6.07) is 6.93. The molecule has 0 radical (unpaired) electrons. The molecule has 116 valence electrons. The maximum absolute atomic E-state index is 11.7. The first-order chi connectivity index (χ1) is 10.1. The molecule has 0 spiro atoms. The zero-order chi connectivity index (χ0) is 15.1. The molecule has 1 fully saturated rings. The summed E-state index contributed by atoms with van der Waals surface area (Å²) < 4.78 is 5.68. The highest BCUT2D eigenvalue weighted by Crippen LogP contribution is 2.20. The van der Waals surface area contributed by atoms with Gasteiger partial charge in [-0.2, -0.15) is 0 Å². The SMILES string of the molecule is CC(O)c1cccc(NC(=O)NCCOC2CCCC2)c1. The second-order valence-corrected chi connectivity index (χ2v) is 5.46. The van der Waals surface area contributed by atoms with E-state index >= 15 is 0 Å². The average molecular weight is 292 g/mol. The van der Waals surface area contributed by atoms with E-state index in [0.29, 0.717) is 24.9 Å². The van der Waals surface area contributed by atoms with E-state index in [1.54, 1.807) is 25.1 Å². The average Bonchev–Trinajstić information content (AvgIpc) is 2.97. The number of urea groups is 1. The molecule has 1 atom stereocenters. The van der Waals surface area contributed by atoms with Crippen molar-refractivity contribution < 1.29 is 14.6 Å². The van der Waals surface area contributed by atoms with E-state index in [1.165, 1.54) is 12.8 Å². The van der Waals surface area contributed by atoms with Gasteiger partial charge in [-0.15, -0.1) is 0 Å². The molecule has 2 amide bonds. The van der Waals surface area contributed by atoms with Crippen molar-refractivity contribution in [3.8, 4) is 0 Å². The molecular weight excluding hydrogens is 268 g/mol. The number of aliphatic hydroxyl groups excluding tert-OH is 1. The van der Waals surface area contributed by atoms with Crippen molar-refractivity contribution in [3.05, 3.63) is 29.8 Å². The first kappa shape index (κ1) is 15.8. The molecule has 3 N–H and O–H groups in total. The molecular formula is C16H24N2O3. The lowest BCUT2D eigenvalue weighted by Crippen LogP contribution is -2.32. The topological polar surface area (TPSA) is 70.6 Å². The van der Waals surface area contributed by atoms with Gasteiger partial charge in [0, 0.05) is 12.2 Å². The third-order valence-corrected chi connectivity index (χ3v) is 3.67. The number of carbonyl (C=O) groups excluding carboxylic acids is 1. The highest BCUT2D eigenvalue weighted by molar-refractivity contribution is 5.89. The van der Waals surface area contributed by atoms with E-state index in [-0.39, 0.29) is 6.03 Å².